The number of hydrogen-bond donors (Lipinski definition) is 0. The van der Waals surface area contributed by atoms with Crippen molar-refractivity contribution in [2.45, 2.75) is 290 Å². The van der Waals surface area contributed by atoms with Crippen molar-refractivity contribution < 1.29 is 28.6 Å². The van der Waals surface area contributed by atoms with E-state index in [-0.39, 0.29) is 31.6 Å². The van der Waals surface area contributed by atoms with Crippen molar-refractivity contribution in [3.05, 3.63) is 146 Å². The fourth-order valence-corrected chi connectivity index (χ4v) is 8.75. The summed E-state index contributed by atoms with van der Waals surface area (Å²) in [5.41, 5.74) is 0. The van der Waals surface area contributed by atoms with Crippen LogP contribution in [0.2, 0.25) is 0 Å². The van der Waals surface area contributed by atoms with E-state index in [4.69, 9.17) is 14.2 Å². The predicted molar refractivity (Wildman–Crippen MR) is 348 cm³/mol. The minimum Gasteiger partial charge on any atom is -0.462 e. The van der Waals surface area contributed by atoms with Crippen molar-refractivity contribution in [1.82, 2.24) is 0 Å². The number of carbonyl (C=O) groups excluding carboxylic acids is 3. The van der Waals surface area contributed by atoms with Gasteiger partial charge < -0.3 is 14.2 Å². The molecule has 0 aromatic rings. The molecule has 0 rings (SSSR count). The molecule has 0 aliphatic heterocycles. The van der Waals surface area contributed by atoms with Gasteiger partial charge in [-0.15, -0.1) is 0 Å². The summed E-state index contributed by atoms with van der Waals surface area (Å²) >= 11 is 0. The van der Waals surface area contributed by atoms with Crippen molar-refractivity contribution in [3.63, 3.8) is 0 Å². The molecule has 0 N–H and O–H groups in total. The summed E-state index contributed by atoms with van der Waals surface area (Å²) in [6, 6.07) is 0. The van der Waals surface area contributed by atoms with Gasteiger partial charge in [0.25, 0.3) is 0 Å². The van der Waals surface area contributed by atoms with Crippen LogP contribution in [0.1, 0.15) is 284 Å². The molecule has 0 aliphatic carbocycles. The first-order chi connectivity index (χ1) is 39.5. The monoisotopic (exact) mass is 1100 g/mol. The van der Waals surface area contributed by atoms with Gasteiger partial charge in [-0.1, -0.05) is 289 Å². The maximum atomic E-state index is 12.9. The summed E-state index contributed by atoms with van der Waals surface area (Å²) in [5.74, 6) is -1.06. The quantitative estimate of drug-likeness (QED) is 0.0261. The Morgan fingerprint density at radius 1 is 0.275 bits per heavy atom. The SMILES string of the molecule is CC/C=C\C/C=C\C/C=C\C/C=C\C/C=C\C/C=C\CCCCCCCCCCCCC(=O)OCC(COC(=O)C/C=C\C/C=C\C/C=C\C/C=C\C/C=C\CC)OC(=O)CCCCCCCCC/C=C\CCCCCCCCC. The maximum Gasteiger partial charge on any atom is 0.309 e. The zero-order valence-electron chi connectivity index (χ0n) is 51.8. The van der Waals surface area contributed by atoms with Crippen molar-refractivity contribution in [3.8, 4) is 0 Å². The highest BCUT2D eigenvalue weighted by atomic mass is 16.6. The average Bonchev–Trinajstić information content (AvgIpc) is 3.46. The second kappa shape index (κ2) is 66.8. The Bertz CT molecular complexity index is 1750. The van der Waals surface area contributed by atoms with Crippen LogP contribution in [0.3, 0.4) is 0 Å². The summed E-state index contributed by atoms with van der Waals surface area (Å²) in [5, 5.41) is 0. The number of hydrogen-bond acceptors (Lipinski definition) is 6. The lowest BCUT2D eigenvalue weighted by molar-refractivity contribution is -0.166. The normalized spacial score (nSPS) is 13.1. The van der Waals surface area contributed by atoms with E-state index in [0.29, 0.717) is 12.8 Å². The molecule has 6 nitrogen and oxygen atoms in total. The number of allylic oxidation sites excluding steroid dienone is 23. The maximum absolute atomic E-state index is 12.9. The van der Waals surface area contributed by atoms with Crippen LogP contribution in [0.5, 0.6) is 0 Å². The molecule has 0 radical (unpaired) electrons. The van der Waals surface area contributed by atoms with Gasteiger partial charge in [-0.25, -0.2) is 0 Å². The third-order valence-electron chi connectivity index (χ3n) is 13.6. The zero-order chi connectivity index (χ0) is 57.8. The van der Waals surface area contributed by atoms with Crippen molar-refractivity contribution in [2.75, 3.05) is 13.2 Å². The standard InChI is InChI=1S/C74H120O6/c1-4-7-10-13-16-19-22-25-28-30-32-33-34-35-36-37-38-39-40-41-42-44-46-49-52-55-58-61-64-67-73(76)79-70-71(69-78-72(75)66-63-60-57-54-51-48-45-27-24-21-18-15-12-9-6-3)80-74(77)68-65-62-59-56-53-50-47-43-31-29-26-23-20-17-14-11-8-5-2/h7,9-10,12,16,18-19,21,25,27-29,31-33,35-36,38-39,45,51,54,60,63,71H,4-6,8,11,13-15,17,20,22-24,26,30,34,37,40-44,46-50,52-53,55-59,61-62,64-70H2,1-3H3/b10-7-,12-9-,19-16-,21-18-,28-25-,31-29-,33-32-,36-35-,39-38-,45-27-,54-51-,63-60-. The van der Waals surface area contributed by atoms with E-state index < -0.39 is 12.1 Å². The number of ether oxygens (including phenoxy) is 3. The van der Waals surface area contributed by atoms with E-state index >= 15 is 0 Å². The molecule has 0 bridgehead atoms. The van der Waals surface area contributed by atoms with Gasteiger partial charge in [-0.3, -0.25) is 14.4 Å². The van der Waals surface area contributed by atoms with E-state index in [2.05, 4.69) is 154 Å². The highest BCUT2D eigenvalue weighted by Crippen LogP contribution is 2.15. The molecule has 0 aromatic carbocycles. The Morgan fingerprint density at radius 2 is 0.537 bits per heavy atom. The van der Waals surface area contributed by atoms with Gasteiger partial charge in [0.15, 0.2) is 6.10 Å². The summed E-state index contributed by atoms with van der Waals surface area (Å²) in [6.45, 7) is 6.32. The number of carbonyl (C=O) groups is 3. The van der Waals surface area contributed by atoms with E-state index in [9.17, 15) is 14.4 Å². The van der Waals surface area contributed by atoms with Crippen LogP contribution >= 0.6 is 0 Å². The van der Waals surface area contributed by atoms with Crippen LogP contribution in [0.4, 0.5) is 0 Å². The summed E-state index contributed by atoms with van der Waals surface area (Å²) in [7, 11) is 0. The van der Waals surface area contributed by atoms with Gasteiger partial charge >= 0.3 is 17.9 Å². The lowest BCUT2D eigenvalue weighted by atomic mass is 10.1. The molecule has 6 heteroatoms. The lowest BCUT2D eigenvalue weighted by Gasteiger charge is -2.18. The highest BCUT2D eigenvalue weighted by Gasteiger charge is 2.19. The molecular formula is C74H120O6. The molecule has 0 aliphatic rings. The van der Waals surface area contributed by atoms with Crippen LogP contribution in [-0.2, 0) is 28.6 Å². The molecular weight excluding hydrogens is 985 g/mol. The second-order valence-corrected chi connectivity index (χ2v) is 21.3. The molecule has 0 saturated carbocycles. The third-order valence-corrected chi connectivity index (χ3v) is 13.6. The van der Waals surface area contributed by atoms with Crippen molar-refractivity contribution in [1.29, 1.82) is 0 Å². The molecule has 0 aromatic heterocycles. The van der Waals surface area contributed by atoms with Crippen LogP contribution in [0.15, 0.2) is 146 Å². The van der Waals surface area contributed by atoms with Crippen LogP contribution in [-0.4, -0.2) is 37.2 Å². The molecule has 0 fully saturated rings. The predicted octanol–water partition coefficient (Wildman–Crippen LogP) is 22.7. The smallest absolute Gasteiger partial charge is 0.309 e. The number of unbranched alkanes of at least 4 members (excludes halogenated alkanes) is 24. The van der Waals surface area contributed by atoms with Crippen LogP contribution < -0.4 is 0 Å². The molecule has 1 atom stereocenters. The third kappa shape index (κ3) is 64.1. The number of esters is 3. The minimum atomic E-state index is -0.829. The average molecular weight is 1110 g/mol. The van der Waals surface area contributed by atoms with Crippen molar-refractivity contribution >= 4 is 17.9 Å². The van der Waals surface area contributed by atoms with Gasteiger partial charge in [0.2, 0.25) is 0 Å². The van der Waals surface area contributed by atoms with Gasteiger partial charge in [-0.05, 0) is 122 Å². The van der Waals surface area contributed by atoms with Gasteiger partial charge in [-0.2, -0.15) is 0 Å². The van der Waals surface area contributed by atoms with E-state index in [0.717, 1.165) is 116 Å². The first-order valence-electron chi connectivity index (χ1n) is 32.8. The zero-order valence-corrected chi connectivity index (χ0v) is 51.8. The van der Waals surface area contributed by atoms with Crippen LogP contribution in [0, 0.1) is 0 Å². The fourth-order valence-electron chi connectivity index (χ4n) is 8.75. The first-order valence-corrected chi connectivity index (χ1v) is 32.8. The Hall–Kier alpha value is -4.71. The van der Waals surface area contributed by atoms with Gasteiger partial charge in [0.05, 0.1) is 6.42 Å². The molecule has 0 amide bonds. The molecule has 452 valence electrons. The Morgan fingerprint density at radius 3 is 0.887 bits per heavy atom. The van der Waals surface area contributed by atoms with Gasteiger partial charge in [0, 0.05) is 12.8 Å². The summed E-state index contributed by atoms with van der Waals surface area (Å²) < 4.78 is 16.8. The van der Waals surface area contributed by atoms with Crippen molar-refractivity contribution in [2.24, 2.45) is 0 Å². The Kier molecular flexibility index (Phi) is 62.9. The molecule has 0 saturated heterocycles. The van der Waals surface area contributed by atoms with Crippen LogP contribution in [0.25, 0.3) is 0 Å². The van der Waals surface area contributed by atoms with E-state index in [1.807, 2.05) is 6.08 Å². The summed E-state index contributed by atoms with van der Waals surface area (Å²) in [4.78, 5) is 38.3. The molecule has 0 heterocycles. The first kappa shape index (κ1) is 75.3. The topological polar surface area (TPSA) is 78.9 Å². The summed E-state index contributed by atoms with van der Waals surface area (Å²) in [6.07, 6.45) is 96.0. The minimum absolute atomic E-state index is 0.116. The fraction of sp³-hybridized carbons (Fsp3) is 0.635. The molecule has 0 spiro atoms. The van der Waals surface area contributed by atoms with Gasteiger partial charge in [0.1, 0.15) is 13.2 Å². The largest absolute Gasteiger partial charge is 0.462 e. The Labute approximate surface area is 493 Å². The molecule has 1 unspecified atom stereocenters. The van der Waals surface area contributed by atoms with E-state index in [1.165, 1.54) is 128 Å². The number of rotatable bonds is 58. The lowest BCUT2D eigenvalue weighted by Crippen LogP contribution is -2.30. The van der Waals surface area contributed by atoms with E-state index in [1.54, 1.807) is 6.08 Å². The molecule has 80 heavy (non-hydrogen) atoms. The highest BCUT2D eigenvalue weighted by molar-refractivity contribution is 5.72. The Balaban J connectivity index is 4.40. The second-order valence-electron chi connectivity index (χ2n) is 21.3.